The lowest BCUT2D eigenvalue weighted by Gasteiger charge is -2.20. The number of aliphatic hydroxyl groups is 1. The second-order valence-electron chi connectivity index (χ2n) is 9.87. The Hall–Kier alpha value is -4.28. The third-order valence-electron chi connectivity index (χ3n) is 6.12. The topological polar surface area (TPSA) is 123 Å². The number of carbonyl (C=O) groups is 2. The fourth-order valence-corrected chi connectivity index (χ4v) is 4.90. The predicted octanol–water partition coefficient (Wildman–Crippen LogP) is 5.27. The summed E-state index contributed by atoms with van der Waals surface area (Å²) >= 11 is 1.39. The summed E-state index contributed by atoms with van der Waals surface area (Å²) in [6, 6.07) is 20.2. The van der Waals surface area contributed by atoms with Crippen LogP contribution in [0, 0.1) is 5.92 Å². The summed E-state index contributed by atoms with van der Waals surface area (Å²) in [7, 11) is 0. The van der Waals surface area contributed by atoms with Crippen LogP contribution < -0.4 is 15.4 Å². The van der Waals surface area contributed by atoms with E-state index in [1.165, 1.54) is 11.3 Å². The number of ether oxygens (including phenoxy) is 2. The van der Waals surface area contributed by atoms with Gasteiger partial charge in [0, 0.05) is 24.3 Å². The van der Waals surface area contributed by atoms with Crippen LogP contribution in [0.3, 0.4) is 0 Å². The van der Waals surface area contributed by atoms with Crippen molar-refractivity contribution in [3.63, 3.8) is 0 Å². The molecule has 0 saturated carbocycles. The van der Waals surface area contributed by atoms with Gasteiger partial charge in [0.05, 0.1) is 11.3 Å². The molecule has 0 spiro atoms. The maximum atomic E-state index is 12.9. The fourth-order valence-electron chi connectivity index (χ4n) is 4.01. The molecule has 3 N–H and O–H groups in total. The maximum absolute atomic E-state index is 12.9. The molecule has 41 heavy (non-hydrogen) atoms. The van der Waals surface area contributed by atoms with Crippen molar-refractivity contribution >= 4 is 23.3 Å². The van der Waals surface area contributed by atoms with E-state index in [-0.39, 0.29) is 19.1 Å². The summed E-state index contributed by atoms with van der Waals surface area (Å²) in [5.41, 5.74) is 3.10. The average molecular weight is 575 g/mol. The van der Waals surface area contributed by atoms with Crippen LogP contribution in [0.25, 0.3) is 10.6 Å². The normalized spacial score (nSPS) is 12.4. The van der Waals surface area contributed by atoms with Gasteiger partial charge in [-0.3, -0.25) is 9.78 Å². The minimum Gasteiger partial charge on any atom is -0.488 e. The first-order chi connectivity index (χ1) is 19.9. The van der Waals surface area contributed by atoms with E-state index in [2.05, 4.69) is 20.6 Å². The van der Waals surface area contributed by atoms with Gasteiger partial charge in [-0.25, -0.2) is 9.78 Å². The van der Waals surface area contributed by atoms with Crippen molar-refractivity contribution < 1.29 is 24.2 Å². The standard InChI is InChI=1S/C31H34N4O5S/c1-21(2)16-25(35-31(38)40-19-23-12-14-32-15-13-23)29(37)33-17-27(36)26-20-41-30(34-26)24-10-6-7-11-28(24)39-18-22-8-4-3-5-9-22/h3-15,20-21,25,27,36H,16-19H2,1-2H3,(H,33,37)(H,35,38). The molecule has 2 amide bonds. The van der Waals surface area contributed by atoms with Gasteiger partial charge in [-0.1, -0.05) is 56.3 Å². The zero-order valence-corrected chi connectivity index (χ0v) is 23.8. The van der Waals surface area contributed by atoms with Gasteiger partial charge in [0.1, 0.15) is 36.1 Å². The molecule has 0 aliphatic carbocycles. The second kappa shape index (κ2) is 14.9. The SMILES string of the molecule is CC(C)CC(NC(=O)OCc1ccncc1)C(=O)NCC(O)c1csc(-c2ccccc2OCc2ccccc2)n1. The summed E-state index contributed by atoms with van der Waals surface area (Å²) in [4.78, 5) is 33.9. The highest BCUT2D eigenvalue weighted by atomic mass is 32.1. The number of para-hydroxylation sites is 1. The van der Waals surface area contributed by atoms with Gasteiger partial charge < -0.3 is 25.2 Å². The number of thiazole rings is 1. The molecule has 0 saturated heterocycles. The van der Waals surface area contributed by atoms with Crippen molar-refractivity contribution in [3.05, 3.63) is 101 Å². The van der Waals surface area contributed by atoms with Crippen molar-refractivity contribution in [2.45, 2.75) is 45.6 Å². The summed E-state index contributed by atoms with van der Waals surface area (Å²) < 4.78 is 11.3. The number of hydrogen-bond acceptors (Lipinski definition) is 8. The number of alkyl carbamates (subject to hydrolysis) is 1. The molecule has 0 aliphatic rings. The molecule has 2 aromatic carbocycles. The van der Waals surface area contributed by atoms with Gasteiger partial charge in [0.2, 0.25) is 5.91 Å². The number of nitrogens with zero attached hydrogens (tertiary/aromatic N) is 2. The van der Waals surface area contributed by atoms with E-state index >= 15 is 0 Å². The number of aliphatic hydroxyl groups excluding tert-OH is 1. The highest BCUT2D eigenvalue weighted by Gasteiger charge is 2.24. The molecule has 10 heteroatoms. The van der Waals surface area contributed by atoms with Gasteiger partial charge in [-0.05, 0) is 47.7 Å². The third kappa shape index (κ3) is 9.12. The molecule has 2 unspecified atom stereocenters. The van der Waals surface area contributed by atoms with Crippen molar-refractivity contribution in [3.8, 4) is 16.3 Å². The van der Waals surface area contributed by atoms with Crippen molar-refractivity contribution in [1.29, 1.82) is 0 Å². The van der Waals surface area contributed by atoms with Gasteiger partial charge in [-0.15, -0.1) is 11.3 Å². The van der Waals surface area contributed by atoms with Crippen LogP contribution in [-0.2, 0) is 22.7 Å². The molecule has 4 aromatic rings. The molecular weight excluding hydrogens is 540 g/mol. The van der Waals surface area contributed by atoms with Crippen LogP contribution in [-0.4, -0.2) is 39.7 Å². The Morgan fingerprint density at radius 3 is 2.41 bits per heavy atom. The van der Waals surface area contributed by atoms with E-state index in [4.69, 9.17) is 9.47 Å². The molecule has 4 rings (SSSR count). The first-order valence-corrected chi connectivity index (χ1v) is 14.3. The number of hydrogen-bond donors (Lipinski definition) is 3. The molecule has 2 heterocycles. The summed E-state index contributed by atoms with van der Waals surface area (Å²) in [6.45, 7) is 4.34. The van der Waals surface area contributed by atoms with Gasteiger partial charge in [0.15, 0.2) is 0 Å². The molecule has 2 aromatic heterocycles. The third-order valence-corrected chi connectivity index (χ3v) is 7.02. The van der Waals surface area contributed by atoms with Crippen LogP contribution in [0.5, 0.6) is 5.75 Å². The van der Waals surface area contributed by atoms with E-state index in [0.717, 1.165) is 16.7 Å². The minimum atomic E-state index is -1.03. The number of pyridine rings is 1. The zero-order chi connectivity index (χ0) is 29.0. The second-order valence-corrected chi connectivity index (χ2v) is 10.7. The fraction of sp³-hybridized carbons (Fsp3) is 0.290. The van der Waals surface area contributed by atoms with Crippen LogP contribution in [0.1, 0.15) is 43.2 Å². The van der Waals surface area contributed by atoms with Gasteiger partial charge >= 0.3 is 6.09 Å². The highest BCUT2D eigenvalue weighted by Crippen LogP contribution is 2.33. The van der Waals surface area contributed by atoms with E-state index in [1.54, 1.807) is 29.9 Å². The predicted molar refractivity (Wildman–Crippen MR) is 157 cm³/mol. The zero-order valence-electron chi connectivity index (χ0n) is 23.0. The number of aromatic nitrogens is 2. The van der Waals surface area contributed by atoms with Crippen molar-refractivity contribution in [2.75, 3.05) is 6.54 Å². The Kier molecular flexibility index (Phi) is 10.8. The monoisotopic (exact) mass is 574 g/mol. The lowest BCUT2D eigenvalue weighted by molar-refractivity contribution is -0.124. The largest absolute Gasteiger partial charge is 0.488 e. The molecule has 9 nitrogen and oxygen atoms in total. The van der Waals surface area contributed by atoms with Gasteiger partial charge in [0.25, 0.3) is 0 Å². The van der Waals surface area contributed by atoms with E-state index in [0.29, 0.717) is 29.5 Å². The molecule has 0 fully saturated rings. The quantitative estimate of drug-likeness (QED) is 0.199. The van der Waals surface area contributed by atoms with Crippen LogP contribution in [0.2, 0.25) is 0 Å². The molecule has 214 valence electrons. The Bertz CT molecular complexity index is 1400. The van der Waals surface area contributed by atoms with Crippen LogP contribution in [0.15, 0.2) is 84.5 Å². The lowest BCUT2D eigenvalue weighted by atomic mass is 10.0. The lowest BCUT2D eigenvalue weighted by Crippen LogP contribution is -2.48. The first-order valence-electron chi connectivity index (χ1n) is 13.4. The smallest absolute Gasteiger partial charge is 0.408 e. The Morgan fingerprint density at radius 2 is 1.66 bits per heavy atom. The Labute approximate surface area is 243 Å². The molecule has 0 bridgehead atoms. The minimum absolute atomic E-state index is 0.0590. The summed E-state index contributed by atoms with van der Waals surface area (Å²) in [6.07, 6.45) is 1.91. The molecule has 0 aliphatic heterocycles. The highest BCUT2D eigenvalue weighted by molar-refractivity contribution is 7.13. The number of amides is 2. The molecule has 0 radical (unpaired) electrons. The number of benzene rings is 2. The van der Waals surface area contributed by atoms with E-state index in [9.17, 15) is 14.7 Å². The van der Waals surface area contributed by atoms with Crippen molar-refractivity contribution in [1.82, 2.24) is 20.6 Å². The molecular formula is C31H34N4O5S. The van der Waals surface area contributed by atoms with Crippen molar-refractivity contribution in [2.24, 2.45) is 5.92 Å². The summed E-state index contributed by atoms with van der Waals surface area (Å²) in [5, 5.41) is 18.6. The number of nitrogens with one attached hydrogen (secondary N) is 2. The number of rotatable bonds is 13. The van der Waals surface area contributed by atoms with Crippen LogP contribution in [0.4, 0.5) is 4.79 Å². The van der Waals surface area contributed by atoms with Gasteiger partial charge in [-0.2, -0.15) is 0 Å². The average Bonchev–Trinajstić information content (AvgIpc) is 3.49. The Morgan fingerprint density at radius 1 is 0.951 bits per heavy atom. The van der Waals surface area contributed by atoms with E-state index in [1.807, 2.05) is 68.4 Å². The van der Waals surface area contributed by atoms with E-state index < -0.39 is 24.1 Å². The number of carbonyl (C=O) groups excluding carboxylic acids is 2. The first kappa shape index (κ1) is 29.7. The molecule has 2 atom stereocenters. The Balaban J connectivity index is 1.32. The maximum Gasteiger partial charge on any atom is 0.408 e. The summed E-state index contributed by atoms with van der Waals surface area (Å²) in [5.74, 6) is 0.425. The van der Waals surface area contributed by atoms with Crippen LogP contribution >= 0.6 is 11.3 Å².